The molecule has 0 heterocycles. The first kappa shape index (κ1) is 15.2. The molecule has 0 spiro atoms. The number of allylic oxidation sites excluding steroid dienone is 3. The minimum Gasteiger partial charge on any atom is -0.294 e. The van der Waals surface area contributed by atoms with Crippen LogP contribution in [0, 0.1) is 0 Å². The molecule has 1 N–H and O–H groups in total. The Bertz CT molecular complexity index is 830. The average molecular weight is 318 g/mol. The lowest BCUT2D eigenvalue weighted by molar-refractivity contribution is 0.0994. The molecule has 4 nitrogen and oxygen atoms in total. The highest BCUT2D eigenvalue weighted by Gasteiger charge is 2.46. The first-order valence-corrected chi connectivity index (χ1v) is 8.69. The van der Waals surface area contributed by atoms with E-state index in [1.165, 1.54) is 0 Å². The summed E-state index contributed by atoms with van der Waals surface area (Å²) in [6.07, 6.45) is 4.55. The van der Waals surface area contributed by atoms with Gasteiger partial charge >= 0.3 is 0 Å². The van der Waals surface area contributed by atoms with Crippen LogP contribution in [0.15, 0.2) is 41.5 Å². The molecular formula is C17H18O4S. The fourth-order valence-corrected chi connectivity index (χ4v) is 4.47. The number of Topliss-reactive ketones (excluding diaryl/α,β-unsaturated/α-hetero) is 1. The van der Waals surface area contributed by atoms with Gasteiger partial charge in [0.05, 0.1) is 0 Å². The Morgan fingerprint density at radius 1 is 1.14 bits per heavy atom. The van der Waals surface area contributed by atoms with Crippen molar-refractivity contribution >= 4 is 15.9 Å². The lowest BCUT2D eigenvalue weighted by Crippen LogP contribution is -2.36. The van der Waals surface area contributed by atoms with Gasteiger partial charge in [0, 0.05) is 12.0 Å². The molecule has 0 saturated carbocycles. The first-order chi connectivity index (χ1) is 10.3. The molecule has 0 saturated heterocycles. The van der Waals surface area contributed by atoms with E-state index in [2.05, 4.69) is 0 Å². The molecule has 2 aliphatic carbocycles. The number of hydrogen-bond acceptors (Lipinski definition) is 3. The molecule has 5 heteroatoms. The molecule has 2 aliphatic rings. The summed E-state index contributed by atoms with van der Waals surface area (Å²) in [4.78, 5) is 11.9. The molecule has 1 aromatic carbocycles. The van der Waals surface area contributed by atoms with E-state index in [1.54, 1.807) is 24.3 Å². The number of rotatable bonds is 2. The summed E-state index contributed by atoms with van der Waals surface area (Å²) in [7, 11) is -4.37. The van der Waals surface area contributed by atoms with Crippen molar-refractivity contribution in [1.82, 2.24) is 0 Å². The molecular weight excluding hydrogens is 300 g/mol. The Morgan fingerprint density at radius 2 is 1.86 bits per heavy atom. The molecule has 3 rings (SSSR count). The first-order valence-electron chi connectivity index (χ1n) is 7.25. The molecule has 116 valence electrons. The average Bonchev–Trinajstić information content (AvgIpc) is 2.83. The Morgan fingerprint density at radius 3 is 2.50 bits per heavy atom. The zero-order valence-electron chi connectivity index (χ0n) is 12.6. The number of ketones is 1. The second-order valence-electron chi connectivity index (χ2n) is 6.04. The van der Waals surface area contributed by atoms with Crippen LogP contribution < -0.4 is 0 Å². The number of hydrogen-bond donors (Lipinski definition) is 1. The largest absolute Gasteiger partial charge is 0.294 e. The van der Waals surface area contributed by atoms with Crippen molar-refractivity contribution in [2.45, 2.75) is 37.9 Å². The van der Waals surface area contributed by atoms with Crippen LogP contribution in [-0.4, -0.2) is 18.8 Å². The molecule has 0 aliphatic heterocycles. The van der Waals surface area contributed by atoms with Crippen LogP contribution in [0.2, 0.25) is 0 Å². The zero-order chi connectivity index (χ0) is 16.1. The van der Waals surface area contributed by atoms with Gasteiger partial charge in [-0.25, -0.2) is 0 Å². The Kier molecular flexibility index (Phi) is 3.38. The van der Waals surface area contributed by atoms with E-state index < -0.39 is 14.9 Å². The van der Waals surface area contributed by atoms with Gasteiger partial charge in [0.2, 0.25) is 0 Å². The minimum absolute atomic E-state index is 0.0329. The molecule has 0 bridgehead atoms. The van der Waals surface area contributed by atoms with Crippen molar-refractivity contribution in [2.24, 2.45) is 0 Å². The van der Waals surface area contributed by atoms with Crippen molar-refractivity contribution in [1.29, 1.82) is 0 Å². The predicted octanol–water partition coefficient (Wildman–Crippen LogP) is 3.19. The fourth-order valence-electron chi connectivity index (χ4n) is 3.38. The third-order valence-corrected chi connectivity index (χ3v) is 6.20. The van der Waals surface area contributed by atoms with Crippen molar-refractivity contribution in [3.63, 3.8) is 0 Å². The van der Waals surface area contributed by atoms with Crippen molar-refractivity contribution in [3.8, 4) is 0 Å². The minimum atomic E-state index is -4.37. The summed E-state index contributed by atoms with van der Waals surface area (Å²) in [5, 5.41) is 0. The normalized spacial score (nSPS) is 24.8. The van der Waals surface area contributed by atoms with Crippen molar-refractivity contribution in [3.05, 3.63) is 58.2 Å². The van der Waals surface area contributed by atoms with E-state index in [9.17, 15) is 17.8 Å². The van der Waals surface area contributed by atoms with Gasteiger partial charge in [-0.1, -0.05) is 41.5 Å². The van der Waals surface area contributed by atoms with E-state index in [0.717, 1.165) is 16.7 Å². The SMILES string of the molecule is CC1=CCC(c2cccc3c2CCC3=O)(S(=O)(=O)O)C=C1C. The standard InChI is InChI=1S/C17H18O4S/c1-11-8-9-17(10-12(11)2,22(19,20)21)15-5-3-4-14-13(15)6-7-16(14)18/h3-5,8,10H,6-7,9H2,1-2H3,(H,19,20,21). The van der Waals surface area contributed by atoms with Crippen LogP contribution in [-0.2, 0) is 21.3 Å². The zero-order valence-corrected chi connectivity index (χ0v) is 13.4. The van der Waals surface area contributed by atoms with Gasteiger partial charge in [0.1, 0.15) is 4.75 Å². The van der Waals surface area contributed by atoms with Crippen LogP contribution in [0.5, 0.6) is 0 Å². The number of benzene rings is 1. The van der Waals surface area contributed by atoms with E-state index in [0.29, 0.717) is 24.0 Å². The van der Waals surface area contributed by atoms with E-state index in [4.69, 9.17) is 0 Å². The Balaban J connectivity index is 2.30. The second kappa shape index (κ2) is 4.89. The quantitative estimate of drug-likeness (QED) is 0.850. The van der Waals surface area contributed by atoms with Crippen LogP contribution in [0.25, 0.3) is 0 Å². The molecule has 0 aromatic heterocycles. The maximum absolute atomic E-state index is 12.2. The van der Waals surface area contributed by atoms with Gasteiger partial charge in [-0.15, -0.1) is 0 Å². The van der Waals surface area contributed by atoms with Gasteiger partial charge in [0.15, 0.2) is 5.78 Å². The number of fused-ring (bicyclic) bond motifs is 1. The highest BCUT2D eigenvalue weighted by molar-refractivity contribution is 7.87. The summed E-state index contributed by atoms with van der Waals surface area (Å²) in [5.41, 5.74) is 3.69. The molecule has 0 fully saturated rings. The van der Waals surface area contributed by atoms with Gasteiger partial charge in [-0.05, 0) is 37.8 Å². The number of carbonyl (C=O) groups excluding carboxylic acids is 1. The van der Waals surface area contributed by atoms with Crippen molar-refractivity contribution < 1.29 is 17.8 Å². The second-order valence-corrected chi connectivity index (χ2v) is 7.72. The molecule has 0 amide bonds. The van der Waals surface area contributed by atoms with E-state index in [-0.39, 0.29) is 12.2 Å². The summed E-state index contributed by atoms with van der Waals surface area (Å²) in [6.45, 7) is 3.75. The smallest absolute Gasteiger partial charge is 0.278 e. The van der Waals surface area contributed by atoms with E-state index >= 15 is 0 Å². The lowest BCUT2D eigenvalue weighted by atomic mass is 9.83. The molecule has 0 radical (unpaired) electrons. The predicted molar refractivity (Wildman–Crippen MR) is 84.5 cm³/mol. The van der Waals surface area contributed by atoms with E-state index in [1.807, 2.05) is 19.9 Å². The Hall–Kier alpha value is -1.72. The van der Waals surface area contributed by atoms with Gasteiger partial charge < -0.3 is 0 Å². The molecule has 1 aromatic rings. The maximum atomic E-state index is 12.2. The topological polar surface area (TPSA) is 71.4 Å². The van der Waals surface area contributed by atoms with Gasteiger partial charge in [-0.3, -0.25) is 9.35 Å². The van der Waals surface area contributed by atoms with Gasteiger partial charge in [0.25, 0.3) is 10.1 Å². The number of carbonyl (C=O) groups is 1. The van der Waals surface area contributed by atoms with Crippen molar-refractivity contribution in [2.75, 3.05) is 0 Å². The lowest BCUT2D eigenvalue weighted by Gasteiger charge is -2.32. The van der Waals surface area contributed by atoms with Gasteiger partial charge in [-0.2, -0.15) is 8.42 Å². The summed E-state index contributed by atoms with van der Waals surface area (Å²) in [5.74, 6) is 0.0329. The fraction of sp³-hybridized carbons (Fsp3) is 0.353. The van der Waals surface area contributed by atoms with Crippen LogP contribution in [0.3, 0.4) is 0 Å². The van der Waals surface area contributed by atoms with Crippen LogP contribution >= 0.6 is 0 Å². The van der Waals surface area contributed by atoms with Crippen LogP contribution in [0.1, 0.15) is 48.2 Å². The molecule has 1 unspecified atom stereocenters. The monoisotopic (exact) mass is 318 g/mol. The molecule has 1 atom stereocenters. The summed E-state index contributed by atoms with van der Waals surface area (Å²) < 4.78 is 32.9. The molecule has 22 heavy (non-hydrogen) atoms. The third-order valence-electron chi connectivity index (χ3n) is 4.78. The highest BCUT2D eigenvalue weighted by atomic mass is 32.2. The third kappa shape index (κ3) is 2.08. The maximum Gasteiger partial charge on any atom is 0.278 e. The Labute approximate surface area is 130 Å². The highest BCUT2D eigenvalue weighted by Crippen LogP contribution is 2.44. The van der Waals surface area contributed by atoms with Crippen LogP contribution in [0.4, 0.5) is 0 Å². The summed E-state index contributed by atoms with van der Waals surface area (Å²) >= 11 is 0. The summed E-state index contributed by atoms with van der Waals surface area (Å²) in [6, 6.07) is 5.13.